The molecular weight excluding hydrogens is 200 g/mol. The largest absolute Gasteiger partial charge is 0.162 e. The molecule has 1 heteroatoms. The summed E-state index contributed by atoms with van der Waals surface area (Å²) in [4.78, 5) is 0. The third kappa shape index (κ3) is 6.62. The molecular formula is C14H21S. The smallest absolute Gasteiger partial charge is 0.00644 e. The highest BCUT2D eigenvalue weighted by atomic mass is 32.2. The molecule has 0 bridgehead atoms. The number of thioether (sulfide) groups is 1. The van der Waals surface area contributed by atoms with Gasteiger partial charge in [0, 0.05) is 0 Å². The van der Waals surface area contributed by atoms with Crippen LogP contribution < -0.4 is 0 Å². The van der Waals surface area contributed by atoms with Gasteiger partial charge in [0.25, 0.3) is 0 Å². The maximum absolute atomic E-state index is 3.85. The van der Waals surface area contributed by atoms with E-state index in [4.69, 9.17) is 0 Å². The van der Waals surface area contributed by atoms with Crippen molar-refractivity contribution in [1.29, 1.82) is 0 Å². The molecule has 0 aliphatic rings. The minimum atomic E-state index is 1.09. The van der Waals surface area contributed by atoms with Crippen LogP contribution in [-0.2, 0) is 6.42 Å². The summed E-state index contributed by atoms with van der Waals surface area (Å²) in [6.07, 6.45) is 6.23. The summed E-state index contributed by atoms with van der Waals surface area (Å²) in [6.45, 7) is 3.85. The molecule has 0 N–H and O–H groups in total. The predicted molar refractivity (Wildman–Crippen MR) is 71.3 cm³/mol. The monoisotopic (exact) mass is 221 g/mol. The topological polar surface area (TPSA) is 0 Å². The van der Waals surface area contributed by atoms with Crippen molar-refractivity contribution in [2.75, 3.05) is 11.5 Å². The molecule has 0 saturated carbocycles. The zero-order valence-electron chi connectivity index (χ0n) is 9.45. The predicted octanol–water partition coefficient (Wildman–Crippen LogP) is 4.36. The average molecular weight is 221 g/mol. The SMILES string of the molecule is [CH2]CCCCSCCCc1ccccc1. The molecule has 1 aromatic rings. The highest BCUT2D eigenvalue weighted by Gasteiger charge is 1.93. The summed E-state index contributed by atoms with van der Waals surface area (Å²) in [6, 6.07) is 10.8. The number of unbranched alkanes of at least 4 members (excludes halogenated alkanes) is 2. The third-order valence-electron chi connectivity index (χ3n) is 2.39. The molecule has 0 fully saturated rings. The Morgan fingerprint density at radius 2 is 1.67 bits per heavy atom. The van der Waals surface area contributed by atoms with Crippen LogP contribution in [0.15, 0.2) is 30.3 Å². The number of hydrogen-bond donors (Lipinski definition) is 0. The Labute approximate surface area is 98.5 Å². The van der Waals surface area contributed by atoms with Crippen LogP contribution in [0.2, 0.25) is 0 Å². The molecule has 0 aromatic heterocycles. The van der Waals surface area contributed by atoms with E-state index in [1.807, 2.05) is 0 Å². The summed E-state index contributed by atoms with van der Waals surface area (Å²) in [5.74, 6) is 2.61. The number of aryl methyl sites for hydroxylation is 1. The minimum absolute atomic E-state index is 1.09. The van der Waals surface area contributed by atoms with Crippen molar-refractivity contribution in [1.82, 2.24) is 0 Å². The Hall–Kier alpha value is -0.430. The van der Waals surface area contributed by atoms with Crippen LogP contribution in [0.3, 0.4) is 0 Å². The van der Waals surface area contributed by atoms with Crippen molar-refractivity contribution < 1.29 is 0 Å². The molecule has 0 heterocycles. The minimum Gasteiger partial charge on any atom is -0.162 e. The standard InChI is InChI=1S/C14H21S/c1-2-3-7-12-15-13-8-11-14-9-5-4-6-10-14/h4-6,9-10H,1-3,7-8,11-13H2. The zero-order valence-corrected chi connectivity index (χ0v) is 10.3. The first-order valence-corrected chi connectivity index (χ1v) is 7.00. The summed E-state index contributed by atoms with van der Waals surface area (Å²) in [5.41, 5.74) is 1.47. The number of hydrogen-bond acceptors (Lipinski definition) is 1. The first kappa shape index (κ1) is 12.6. The molecule has 1 aromatic carbocycles. The van der Waals surface area contributed by atoms with Crippen molar-refractivity contribution in [2.24, 2.45) is 0 Å². The van der Waals surface area contributed by atoms with E-state index in [1.54, 1.807) is 0 Å². The number of rotatable bonds is 8. The van der Waals surface area contributed by atoms with Gasteiger partial charge < -0.3 is 0 Å². The van der Waals surface area contributed by atoms with E-state index in [1.165, 1.54) is 42.8 Å². The maximum atomic E-state index is 3.85. The molecule has 0 spiro atoms. The quantitative estimate of drug-likeness (QED) is 0.588. The Bertz CT molecular complexity index is 230. The second kappa shape index (κ2) is 8.84. The lowest BCUT2D eigenvalue weighted by Gasteiger charge is -2.01. The first-order valence-electron chi connectivity index (χ1n) is 5.84. The summed E-state index contributed by atoms with van der Waals surface area (Å²) in [5, 5.41) is 0. The van der Waals surface area contributed by atoms with Crippen molar-refractivity contribution in [2.45, 2.75) is 32.1 Å². The molecule has 0 nitrogen and oxygen atoms in total. The van der Waals surface area contributed by atoms with E-state index in [9.17, 15) is 0 Å². The molecule has 0 aliphatic heterocycles. The van der Waals surface area contributed by atoms with Crippen molar-refractivity contribution in [3.63, 3.8) is 0 Å². The molecule has 0 amide bonds. The van der Waals surface area contributed by atoms with Gasteiger partial charge in [0.1, 0.15) is 0 Å². The summed E-state index contributed by atoms with van der Waals surface area (Å²) < 4.78 is 0. The summed E-state index contributed by atoms with van der Waals surface area (Å²) >= 11 is 2.08. The third-order valence-corrected chi connectivity index (χ3v) is 3.54. The van der Waals surface area contributed by atoms with Crippen LogP contribution in [-0.4, -0.2) is 11.5 Å². The van der Waals surface area contributed by atoms with Crippen LogP contribution in [0.1, 0.15) is 31.2 Å². The zero-order chi connectivity index (χ0) is 10.8. The van der Waals surface area contributed by atoms with Crippen molar-refractivity contribution in [3.8, 4) is 0 Å². The molecule has 15 heavy (non-hydrogen) atoms. The molecule has 0 unspecified atom stereocenters. The van der Waals surface area contributed by atoms with E-state index < -0.39 is 0 Å². The molecule has 0 atom stereocenters. The van der Waals surface area contributed by atoms with E-state index in [2.05, 4.69) is 49.0 Å². The van der Waals surface area contributed by atoms with Crippen LogP contribution in [0.25, 0.3) is 0 Å². The van der Waals surface area contributed by atoms with E-state index >= 15 is 0 Å². The maximum Gasteiger partial charge on any atom is -0.00644 e. The average Bonchev–Trinajstić information content (AvgIpc) is 2.29. The lowest BCUT2D eigenvalue weighted by Crippen LogP contribution is -1.89. The van der Waals surface area contributed by atoms with Gasteiger partial charge in [-0.05, 0) is 36.3 Å². The van der Waals surface area contributed by atoms with Crippen molar-refractivity contribution >= 4 is 11.8 Å². The lowest BCUT2D eigenvalue weighted by molar-refractivity contribution is 0.819. The van der Waals surface area contributed by atoms with Gasteiger partial charge in [0.05, 0.1) is 0 Å². The molecule has 1 rings (SSSR count). The Morgan fingerprint density at radius 1 is 0.933 bits per heavy atom. The fourth-order valence-electron chi connectivity index (χ4n) is 1.51. The van der Waals surface area contributed by atoms with Gasteiger partial charge in [0.2, 0.25) is 0 Å². The fraction of sp³-hybridized carbons (Fsp3) is 0.500. The molecule has 1 radical (unpaired) electrons. The Morgan fingerprint density at radius 3 is 2.40 bits per heavy atom. The normalized spacial score (nSPS) is 10.5. The van der Waals surface area contributed by atoms with Gasteiger partial charge >= 0.3 is 0 Å². The van der Waals surface area contributed by atoms with E-state index in [0.717, 1.165) is 6.42 Å². The molecule has 0 aliphatic carbocycles. The van der Waals surface area contributed by atoms with Gasteiger partial charge in [0.15, 0.2) is 0 Å². The van der Waals surface area contributed by atoms with Gasteiger partial charge in [-0.25, -0.2) is 0 Å². The summed E-state index contributed by atoms with van der Waals surface area (Å²) in [7, 11) is 0. The van der Waals surface area contributed by atoms with Gasteiger partial charge in [-0.1, -0.05) is 50.1 Å². The Kier molecular flexibility index (Phi) is 7.45. The molecule has 83 valence electrons. The Balaban J connectivity index is 1.93. The van der Waals surface area contributed by atoms with E-state index in [0.29, 0.717) is 0 Å². The number of benzene rings is 1. The fourth-order valence-corrected chi connectivity index (χ4v) is 2.47. The van der Waals surface area contributed by atoms with Crippen LogP contribution in [0.5, 0.6) is 0 Å². The van der Waals surface area contributed by atoms with Crippen LogP contribution >= 0.6 is 11.8 Å². The lowest BCUT2D eigenvalue weighted by atomic mass is 10.1. The van der Waals surface area contributed by atoms with Gasteiger partial charge in [-0.15, -0.1) is 0 Å². The molecule has 0 saturated heterocycles. The highest BCUT2D eigenvalue weighted by molar-refractivity contribution is 7.99. The van der Waals surface area contributed by atoms with Crippen molar-refractivity contribution in [3.05, 3.63) is 42.8 Å². The second-order valence-electron chi connectivity index (χ2n) is 3.76. The first-order chi connectivity index (χ1) is 7.43. The van der Waals surface area contributed by atoms with E-state index in [-0.39, 0.29) is 0 Å². The van der Waals surface area contributed by atoms with Gasteiger partial charge in [-0.2, -0.15) is 11.8 Å². The van der Waals surface area contributed by atoms with Crippen LogP contribution in [0.4, 0.5) is 0 Å². The highest BCUT2D eigenvalue weighted by Crippen LogP contribution is 2.10. The van der Waals surface area contributed by atoms with Crippen LogP contribution in [0, 0.1) is 6.92 Å². The second-order valence-corrected chi connectivity index (χ2v) is 4.99. The van der Waals surface area contributed by atoms with Gasteiger partial charge in [-0.3, -0.25) is 0 Å².